The summed E-state index contributed by atoms with van der Waals surface area (Å²) in [7, 11) is 0. The predicted octanol–water partition coefficient (Wildman–Crippen LogP) is 0.160. The number of aliphatic hydroxyl groups is 2. The van der Waals surface area contributed by atoms with Crippen LogP contribution >= 0.6 is 0 Å². The van der Waals surface area contributed by atoms with Gasteiger partial charge >= 0.3 is 0 Å². The minimum atomic E-state index is -1.15. The summed E-state index contributed by atoms with van der Waals surface area (Å²) in [6.07, 6.45) is 1.13. The quantitative estimate of drug-likeness (QED) is 0.719. The van der Waals surface area contributed by atoms with Crippen LogP contribution in [0.2, 0.25) is 0 Å². The molecule has 2 aliphatic rings. The monoisotopic (exact) mass is 226 g/mol. The first-order valence-corrected chi connectivity index (χ1v) is 5.75. The van der Waals surface area contributed by atoms with Crippen molar-refractivity contribution in [1.29, 1.82) is 0 Å². The SMILES string of the molecule is CC(=O)C1C2CC(C1C(C)=O)C(O)(CO)C2. The Labute approximate surface area is 94.7 Å². The van der Waals surface area contributed by atoms with E-state index in [1.807, 2.05) is 0 Å². The number of hydrogen-bond donors (Lipinski definition) is 2. The number of aliphatic hydroxyl groups excluding tert-OH is 1. The molecule has 16 heavy (non-hydrogen) atoms. The highest BCUT2D eigenvalue weighted by molar-refractivity contribution is 5.89. The van der Waals surface area contributed by atoms with Crippen LogP contribution in [0.3, 0.4) is 0 Å². The van der Waals surface area contributed by atoms with Crippen molar-refractivity contribution in [1.82, 2.24) is 0 Å². The van der Waals surface area contributed by atoms with Crippen LogP contribution in [-0.2, 0) is 9.59 Å². The molecule has 0 amide bonds. The van der Waals surface area contributed by atoms with Crippen LogP contribution in [0.15, 0.2) is 0 Å². The van der Waals surface area contributed by atoms with E-state index in [0.29, 0.717) is 12.8 Å². The topological polar surface area (TPSA) is 74.6 Å². The summed E-state index contributed by atoms with van der Waals surface area (Å²) < 4.78 is 0. The highest BCUT2D eigenvalue weighted by atomic mass is 16.3. The van der Waals surface area contributed by atoms with Crippen molar-refractivity contribution >= 4 is 11.6 Å². The Morgan fingerprint density at radius 2 is 1.81 bits per heavy atom. The van der Waals surface area contributed by atoms with Crippen LogP contribution in [0.25, 0.3) is 0 Å². The second kappa shape index (κ2) is 3.64. The van der Waals surface area contributed by atoms with E-state index in [1.54, 1.807) is 0 Å². The van der Waals surface area contributed by atoms with Gasteiger partial charge in [-0.1, -0.05) is 0 Å². The van der Waals surface area contributed by atoms with Gasteiger partial charge in [0.25, 0.3) is 0 Å². The van der Waals surface area contributed by atoms with Crippen LogP contribution < -0.4 is 0 Å². The summed E-state index contributed by atoms with van der Waals surface area (Å²) in [5, 5.41) is 19.4. The lowest BCUT2D eigenvalue weighted by molar-refractivity contribution is -0.142. The molecule has 2 bridgehead atoms. The molecule has 4 heteroatoms. The molecule has 0 aromatic carbocycles. The smallest absolute Gasteiger partial charge is 0.134 e. The van der Waals surface area contributed by atoms with Gasteiger partial charge in [-0.25, -0.2) is 0 Å². The molecule has 2 N–H and O–H groups in total. The molecule has 2 saturated carbocycles. The van der Waals surface area contributed by atoms with Gasteiger partial charge in [-0.05, 0) is 32.6 Å². The number of fused-ring (bicyclic) bond motifs is 2. The minimum Gasteiger partial charge on any atom is -0.393 e. The van der Waals surface area contributed by atoms with Gasteiger partial charge in [-0.2, -0.15) is 0 Å². The molecule has 2 aliphatic carbocycles. The standard InChI is InChI=1S/C12H18O4/c1-6(14)10-8-3-9(11(10)7(2)15)12(16,4-8)5-13/h8-11,13,16H,3-5H2,1-2H3. The molecule has 0 spiro atoms. The maximum absolute atomic E-state index is 11.6. The van der Waals surface area contributed by atoms with E-state index < -0.39 is 11.5 Å². The zero-order valence-electron chi connectivity index (χ0n) is 9.64. The average molecular weight is 226 g/mol. The molecule has 90 valence electrons. The highest BCUT2D eigenvalue weighted by Crippen LogP contribution is 2.57. The summed E-state index contributed by atoms with van der Waals surface area (Å²) in [5.74, 6) is -0.822. The Bertz CT molecular complexity index is 338. The number of carbonyl (C=O) groups is 2. The van der Waals surface area contributed by atoms with Crippen LogP contribution in [0.4, 0.5) is 0 Å². The Morgan fingerprint density at radius 1 is 1.25 bits per heavy atom. The average Bonchev–Trinajstić information content (AvgIpc) is 2.71. The minimum absolute atomic E-state index is 0.0349. The normalized spacial score (nSPS) is 46.0. The Kier molecular flexibility index (Phi) is 2.67. The molecular weight excluding hydrogens is 208 g/mol. The van der Waals surface area contributed by atoms with E-state index in [-0.39, 0.29) is 35.9 Å². The molecule has 0 aliphatic heterocycles. The van der Waals surface area contributed by atoms with Crippen molar-refractivity contribution < 1.29 is 19.8 Å². The van der Waals surface area contributed by atoms with Gasteiger partial charge in [0.05, 0.1) is 12.2 Å². The van der Waals surface area contributed by atoms with Gasteiger partial charge in [-0.15, -0.1) is 0 Å². The molecule has 0 saturated heterocycles. The van der Waals surface area contributed by atoms with Crippen LogP contribution in [0.5, 0.6) is 0 Å². The predicted molar refractivity (Wildman–Crippen MR) is 56.6 cm³/mol. The molecule has 4 nitrogen and oxygen atoms in total. The second-order valence-electron chi connectivity index (χ2n) is 5.34. The molecule has 5 unspecified atom stereocenters. The third kappa shape index (κ3) is 1.44. The second-order valence-corrected chi connectivity index (χ2v) is 5.34. The molecule has 0 heterocycles. The summed E-state index contributed by atoms with van der Waals surface area (Å²) in [4.78, 5) is 23.2. The molecule has 2 fully saturated rings. The summed E-state index contributed by atoms with van der Waals surface area (Å²) in [6, 6.07) is 0. The maximum Gasteiger partial charge on any atom is 0.134 e. The third-order valence-corrected chi connectivity index (χ3v) is 4.40. The summed E-state index contributed by atoms with van der Waals surface area (Å²) in [6.45, 7) is 2.67. The van der Waals surface area contributed by atoms with Crippen molar-refractivity contribution in [3.05, 3.63) is 0 Å². The maximum atomic E-state index is 11.6. The van der Waals surface area contributed by atoms with Crippen molar-refractivity contribution in [3.63, 3.8) is 0 Å². The lowest BCUT2D eigenvalue weighted by Crippen LogP contribution is -2.49. The van der Waals surface area contributed by atoms with Crippen LogP contribution in [0.1, 0.15) is 26.7 Å². The lowest BCUT2D eigenvalue weighted by Gasteiger charge is -2.38. The van der Waals surface area contributed by atoms with E-state index in [2.05, 4.69) is 0 Å². The van der Waals surface area contributed by atoms with Gasteiger partial charge in [-0.3, -0.25) is 9.59 Å². The first kappa shape index (κ1) is 11.7. The van der Waals surface area contributed by atoms with Gasteiger partial charge in [0.1, 0.15) is 11.6 Å². The number of carbonyl (C=O) groups excluding carboxylic acids is 2. The number of ketones is 2. The lowest BCUT2D eigenvalue weighted by atomic mass is 9.69. The molecule has 0 radical (unpaired) electrons. The van der Waals surface area contributed by atoms with Crippen molar-refractivity contribution in [2.45, 2.75) is 32.3 Å². The number of hydrogen-bond acceptors (Lipinski definition) is 4. The van der Waals surface area contributed by atoms with E-state index in [9.17, 15) is 19.8 Å². The fourth-order valence-corrected chi connectivity index (χ4v) is 3.83. The van der Waals surface area contributed by atoms with Crippen molar-refractivity contribution in [3.8, 4) is 0 Å². The largest absolute Gasteiger partial charge is 0.393 e. The summed E-state index contributed by atoms with van der Waals surface area (Å²) >= 11 is 0. The fourth-order valence-electron chi connectivity index (χ4n) is 3.83. The fraction of sp³-hybridized carbons (Fsp3) is 0.833. The van der Waals surface area contributed by atoms with E-state index in [4.69, 9.17) is 0 Å². The molecule has 5 atom stereocenters. The van der Waals surface area contributed by atoms with Gasteiger partial charge in [0.2, 0.25) is 0 Å². The van der Waals surface area contributed by atoms with E-state index in [0.717, 1.165) is 0 Å². The number of rotatable bonds is 3. The van der Waals surface area contributed by atoms with Crippen LogP contribution in [0, 0.1) is 23.7 Å². The molecule has 0 aromatic heterocycles. The summed E-state index contributed by atoms with van der Waals surface area (Å²) in [5.41, 5.74) is -1.15. The zero-order chi connectivity index (χ0) is 12.1. The zero-order valence-corrected chi connectivity index (χ0v) is 9.64. The molecule has 0 aromatic rings. The number of Topliss-reactive ketones (excluding diaryl/α,β-unsaturated/α-hetero) is 2. The van der Waals surface area contributed by atoms with E-state index >= 15 is 0 Å². The van der Waals surface area contributed by atoms with Gasteiger partial charge in [0.15, 0.2) is 0 Å². The van der Waals surface area contributed by atoms with Gasteiger partial charge < -0.3 is 10.2 Å². The van der Waals surface area contributed by atoms with E-state index in [1.165, 1.54) is 13.8 Å². The van der Waals surface area contributed by atoms with Crippen molar-refractivity contribution in [2.24, 2.45) is 23.7 Å². The third-order valence-electron chi connectivity index (χ3n) is 4.40. The highest BCUT2D eigenvalue weighted by Gasteiger charge is 2.61. The first-order valence-electron chi connectivity index (χ1n) is 5.75. The first-order chi connectivity index (χ1) is 7.40. The van der Waals surface area contributed by atoms with Gasteiger partial charge in [0, 0.05) is 17.8 Å². The molecular formula is C12H18O4. The van der Waals surface area contributed by atoms with Crippen molar-refractivity contribution in [2.75, 3.05) is 6.61 Å². The van der Waals surface area contributed by atoms with Crippen LogP contribution in [-0.4, -0.2) is 34.0 Å². The Hall–Kier alpha value is -0.740. The Balaban J connectivity index is 2.32. The Morgan fingerprint density at radius 3 is 2.25 bits per heavy atom. The molecule has 2 rings (SSSR count).